The largest absolute Gasteiger partial charge is 0.316 e. The molecule has 1 aliphatic rings. The van der Waals surface area contributed by atoms with Gasteiger partial charge in [0.25, 0.3) is 0 Å². The highest BCUT2D eigenvalue weighted by molar-refractivity contribution is 4.74. The molecule has 1 aliphatic heterocycles. The molecule has 1 fully saturated rings. The predicted molar refractivity (Wildman–Crippen MR) is 80.1 cm³/mol. The molecule has 1 rings (SSSR count). The van der Waals surface area contributed by atoms with Crippen molar-refractivity contribution < 1.29 is 0 Å². The molecule has 2 atom stereocenters. The van der Waals surface area contributed by atoms with E-state index in [1.807, 2.05) is 0 Å². The van der Waals surface area contributed by atoms with Crippen molar-refractivity contribution in [3.8, 4) is 0 Å². The van der Waals surface area contributed by atoms with Gasteiger partial charge in [-0.2, -0.15) is 0 Å². The summed E-state index contributed by atoms with van der Waals surface area (Å²) in [6.45, 7) is 14.3. The van der Waals surface area contributed by atoms with Gasteiger partial charge in [0.05, 0.1) is 0 Å². The molecule has 1 saturated heterocycles. The van der Waals surface area contributed by atoms with Crippen molar-refractivity contribution >= 4 is 0 Å². The van der Waals surface area contributed by atoms with Crippen LogP contribution in [0.1, 0.15) is 40.0 Å². The van der Waals surface area contributed by atoms with Crippen molar-refractivity contribution in [2.24, 2.45) is 5.92 Å². The van der Waals surface area contributed by atoms with Crippen LogP contribution in [0.3, 0.4) is 0 Å². The van der Waals surface area contributed by atoms with E-state index in [1.165, 1.54) is 45.4 Å². The molecule has 0 spiro atoms. The van der Waals surface area contributed by atoms with Crippen molar-refractivity contribution in [3.63, 3.8) is 0 Å². The minimum absolute atomic E-state index is 0.664. The van der Waals surface area contributed by atoms with Crippen LogP contribution in [0.25, 0.3) is 0 Å². The molecule has 18 heavy (non-hydrogen) atoms. The molecule has 3 heteroatoms. The van der Waals surface area contributed by atoms with Crippen molar-refractivity contribution in [2.45, 2.75) is 46.1 Å². The fourth-order valence-electron chi connectivity index (χ4n) is 2.62. The lowest BCUT2D eigenvalue weighted by Gasteiger charge is -2.31. The Bertz CT molecular complexity index is 202. The highest BCUT2D eigenvalue weighted by Gasteiger charge is 2.18. The van der Waals surface area contributed by atoms with Gasteiger partial charge in [-0.25, -0.2) is 0 Å². The van der Waals surface area contributed by atoms with Gasteiger partial charge in [0.1, 0.15) is 0 Å². The average Bonchev–Trinajstić information content (AvgIpc) is 2.88. The second kappa shape index (κ2) is 8.89. The van der Waals surface area contributed by atoms with Crippen LogP contribution in [0.5, 0.6) is 0 Å². The van der Waals surface area contributed by atoms with Crippen molar-refractivity contribution in [3.05, 3.63) is 0 Å². The number of nitrogens with zero attached hydrogens (tertiary/aromatic N) is 2. The maximum absolute atomic E-state index is 3.53. The topological polar surface area (TPSA) is 18.5 Å². The van der Waals surface area contributed by atoms with Gasteiger partial charge in [0.2, 0.25) is 0 Å². The third-order valence-electron chi connectivity index (χ3n) is 4.38. The van der Waals surface area contributed by atoms with Crippen LogP contribution >= 0.6 is 0 Å². The molecule has 0 aliphatic carbocycles. The lowest BCUT2D eigenvalue weighted by molar-refractivity contribution is 0.173. The van der Waals surface area contributed by atoms with Crippen LogP contribution in [0, 0.1) is 5.92 Å². The summed E-state index contributed by atoms with van der Waals surface area (Å²) in [5.41, 5.74) is 0. The monoisotopic (exact) mass is 255 g/mol. The number of likely N-dealkylation sites (tertiary alicyclic amines) is 1. The lowest BCUT2D eigenvalue weighted by atomic mass is 10.0. The molecule has 0 aromatic rings. The molecule has 0 aromatic heterocycles. The first-order valence-corrected chi connectivity index (χ1v) is 7.78. The lowest BCUT2D eigenvalue weighted by Crippen LogP contribution is -2.42. The molecule has 108 valence electrons. The molecule has 0 saturated carbocycles. The zero-order valence-electron chi connectivity index (χ0n) is 12.9. The van der Waals surface area contributed by atoms with Crippen LogP contribution in [-0.2, 0) is 0 Å². The van der Waals surface area contributed by atoms with Crippen LogP contribution < -0.4 is 5.32 Å². The SMILES string of the molecule is CCCNCC(C)C(C)N(C)CCN1CCCC1. The summed E-state index contributed by atoms with van der Waals surface area (Å²) in [6, 6.07) is 0.664. The van der Waals surface area contributed by atoms with E-state index < -0.39 is 0 Å². The first kappa shape index (κ1) is 15.9. The van der Waals surface area contributed by atoms with E-state index in [2.05, 4.69) is 42.9 Å². The van der Waals surface area contributed by atoms with Crippen molar-refractivity contribution in [2.75, 3.05) is 46.3 Å². The summed E-state index contributed by atoms with van der Waals surface area (Å²) >= 11 is 0. The molecule has 2 unspecified atom stereocenters. The Morgan fingerprint density at radius 3 is 2.50 bits per heavy atom. The molecule has 1 heterocycles. The summed E-state index contributed by atoms with van der Waals surface area (Å²) in [5, 5.41) is 3.53. The van der Waals surface area contributed by atoms with Gasteiger partial charge in [-0.15, -0.1) is 0 Å². The fraction of sp³-hybridized carbons (Fsp3) is 1.00. The molecule has 0 aromatic carbocycles. The second-order valence-electron chi connectivity index (χ2n) is 5.95. The first-order valence-electron chi connectivity index (χ1n) is 7.78. The molecule has 0 radical (unpaired) electrons. The number of rotatable bonds is 9. The van der Waals surface area contributed by atoms with Crippen LogP contribution in [0.4, 0.5) is 0 Å². The number of hydrogen-bond donors (Lipinski definition) is 1. The smallest absolute Gasteiger partial charge is 0.0109 e. The predicted octanol–water partition coefficient (Wildman–Crippen LogP) is 2.04. The Morgan fingerprint density at radius 1 is 1.22 bits per heavy atom. The normalized spacial score (nSPS) is 20.5. The van der Waals surface area contributed by atoms with Gasteiger partial charge in [0, 0.05) is 19.1 Å². The molecule has 0 bridgehead atoms. The van der Waals surface area contributed by atoms with Crippen LogP contribution in [0.15, 0.2) is 0 Å². The van der Waals surface area contributed by atoms with E-state index in [1.54, 1.807) is 0 Å². The molecule has 1 N–H and O–H groups in total. The Morgan fingerprint density at radius 2 is 1.89 bits per heavy atom. The summed E-state index contributed by atoms with van der Waals surface area (Å²) < 4.78 is 0. The molecule has 0 amide bonds. The van der Waals surface area contributed by atoms with Gasteiger partial charge in [-0.3, -0.25) is 0 Å². The van der Waals surface area contributed by atoms with Crippen molar-refractivity contribution in [1.82, 2.24) is 15.1 Å². The third-order valence-corrected chi connectivity index (χ3v) is 4.38. The van der Waals surface area contributed by atoms with Gasteiger partial charge in [-0.05, 0) is 65.3 Å². The van der Waals surface area contributed by atoms with E-state index >= 15 is 0 Å². The highest BCUT2D eigenvalue weighted by atomic mass is 15.2. The summed E-state index contributed by atoms with van der Waals surface area (Å²) in [6.07, 6.45) is 4.03. The Balaban J connectivity index is 2.15. The fourth-order valence-corrected chi connectivity index (χ4v) is 2.62. The van der Waals surface area contributed by atoms with E-state index in [0.717, 1.165) is 19.0 Å². The number of hydrogen-bond acceptors (Lipinski definition) is 3. The van der Waals surface area contributed by atoms with E-state index in [-0.39, 0.29) is 0 Å². The summed E-state index contributed by atoms with van der Waals surface area (Å²) in [7, 11) is 2.27. The molecular weight excluding hydrogens is 222 g/mol. The Hall–Kier alpha value is -0.120. The van der Waals surface area contributed by atoms with E-state index in [4.69, 9.17) is 0 Å². The van der Waals surface area contributed by atoms with E-state index in [0.29, 0.717) is 6.04 Å². The third kappa shape index (κ3) is 5.68. The summed E-state index contributed by atoms with van der Waals surface area (Å²) in [5.74, 6) is 0.722. The molecule has 3 nitrogen and oxygen atoms in total. The van der Waals surface area contributed by atoms with Crippen molar-refractivity contribution in [1.29, 1.82) is 0 Å². The zero-order valence-corrected chi connectivity index (χ0v) is 12.9. The van der Waals surface area contributed by atoms with Gasteiger partial charge in [-0.1, -0.05) is 13.8 Å². The van der Waals surface area contributed by atoms with Gasteiger partial charge >= 0.3 is 0 Å². The zero-order chi connectivity index (χ0) is 13.4. The Labute approximate surface area is 114 Å². The molecular formula is C15H33N3. The van der Waals surface area contributed by atoms with E-state index in [9.17, 15) is 0 Å². The summed E-state index contributed by atoms with van der Waals surface area (Å²) in [4.78, 5) is 5.12. The maximum Gasteiger partial charge on any atom is 0.0109 e. The Kier molecular flexibility index (Phi) is 7.87. The standard InChI is InChI=1S/C15H33N3/c1-5-8-16-13-14(2)15(3)17(4)11-12-18-9-6-7-10-18/h14-16H,5-13H2,1-4H3. The average molecular weight is 255 g/mol. The second-order valence-corrected chi connectivity index (χ2v) is 5.95. The van der Waals surface area contributed by atoms with Crippen LogP contribution in [0.2, 0.25) is 0 Å². The van der Waals surface area contributed by atoms with Crippen LogP contribution in [-0.4, -0.2) is 62.2 Å². The minimum atomic E-state index is 0.664. The minimum Gasteiger partial charge on any atom is -0.316 e. The maximum atomic E-state index is 3.53. The number of likely N-dealkylation sites (N-methyl/N-ethyl adjacent to an activating group) is 1. The first-order chi connectivity index (χ1) is 8.65. The van der Waals surface area contributed by atoms with Gasteiger partial charge in [0.15, 0.2) is 0 Å². The van der Waals surface area contributed by atoms with Gasteiger partial charge < -0.3 is 15.1 Å². The quantitative estimate of drug-likeness (QED) is 0.636. The highest BCUT2D eigenvalue weighted by Crippen LogP contribution is 2.10. The number of nitrogens with one attached hydrogen (secondary N) is 1.